The summed E-state index contributed by atoms with van der Waals surface area (Å²) in [4.78, 5) is 14.8. The zero-order valence-corrected chi connectivity index (χ0v) is 14.2. The Hall–Kier alpha value is -1.80. The van der Waals surface area contributed by atoms with Crippen LogP contribution in [-0.2, 0) is 11.2 Å². The molecule has 0 bridgehead atoms. The van der Waals surface area contributed by atoms with Crippen LogP contribution in [0.4, 0.5) is 0 Å². The van der Waals surface area contributed by atoms with Crippen LogP contribution in [0.25, 0.3) is 0 Å². The molecule has 0 spiro atoms. The van der Waals surface area contributed by atoms with E-state index in [4.69, 9.17) is 11.6 Å². The van der Waals surface area contributed by atoms with E-state index in [1.54, 1.807) is 0 Å². The molecule has 23 heavy (non-hydrogen) atoms. The molecule has 1 amide bonds. The van der Waals surface area contributed by atoms with E-state index in [1.807, 2.05) is 29.2 Å². The van der Waals surface area contributed by atoms with Crippen LogP contribution in [-0.4, -0.2) is 17.4 Å². The first-order chi connectivity index (χ1) is 11.2. The lowest BCUT2D eigenvalue weighted by Gasteiger charge is -2.38. The highest BCUT2D eigenvalue weighted by molar-refractivity contribution is 6.30. The quantitative estimate of drug-likeness (QED) is 0.773. The van der Waals surface area contributed by atoms with Gasteiger partial charge in [-0.05, 0) is 41.7 Å². The number of fused-ring (bicyclic) bond motifs is 1. The van der Waals surface area contributed by atoms with Gasteiger partial charge >= 0.3 is 0 Å². The SMILES string of the molecule is CCCCC(=O)N1CCc2ccccc2[C@@H]1c1ccc(Cl)cc1. The molecule has 0 N–H and O–H groups in total. The molecule has 0 saturated carbocycles. The molecule has 0 unspecified atom stereocenters. The second-order valence-corrected chi connectivity index (χ2v) is 6.53. The molecule has 1 heterocycles. The van der Waals surface area contributed by atoms with Crippen LogP contribution in [0, 0.1) is 0 Å². The Morgan fingerprint density at radius 3 is 2.65 bits per heavy atom. The standard InChI is InChI=1S/C20H22ClNO/c1-2-3-8-19(23)22-14-13-15-6-4-5-7-18(15)20(22)16-9-11-17(21)12-10-16/h4-7,9-12,20H,2-3,8,13-14H2,1H3/t20-/m0/s1. The summed E-state index contributed by atoms with van der Waals surface area (Å²) in [5, 5.41) is 0.724. The van der Waals surface area contributed by atoms with Crippen LogP contribution in [0.15, 0.2) is 48.5 Å². The normalized spacial score (nSPS) is 17.0. The van der Waals surface area contributed by atoms with E-state index >= 15 is 0 Å². The molecule has 1 aliphatic rings. The largest absolute Gasteiger partial charge is 0.331 e. The summed E-state index contributed by atoms with van der Waals surface area (Å²) in [5.41, 5.74) is 3.71. The second-order valence-electron chi connectivity index (χ2n) is 6.09. The predicted molar refractivity (Wildman–Crippen MR) is 94.7 cm³/mol. The summed E-state index contributed by atoms with van der Waals surface area (Å²) in [5.74, 6) is 0.251. The summed E-state index contributed by atoms with van der Waals surface area (Å²) in [7, 11) is 0. The number of halogens is 1. The third-order valence-electron chi connectivity index (χ3n) is 4.53. The lowest BCUT2D eigenvalue weighted by atomic mass is 9.88. The molecule has 0 aromatic heterocycles. The molecule has 2 aromatic carbocycles. The summed E-state index contributed by atoms with van der Waals surface area (Å²) in [6, 6.07) is 16.3. The monoisotopic (exact) mass is 327 g/mol. The molecule has 1 aliphatic heterocycles. The van der Waals surface area contributed by atoms with E-state index in [0.717, 1.165) is 36.4 Å². The zero-order chi connectivity index (χ0) is 16.2. The lowest BCUT2D eigenvalue weighted by Crippen LogP contribution is -2.40. The highest BCUT2D eigenvalue weighted by Crippen LogP contribution is 2.36. The maximum Gasteiger partial charge on any atom is 0.223 e. The van der Waals surface area contributed by atoms with Gasteiger partial charge in [0.1, 0.15) is 0 Å². The maximum absolute atomic E-state index is 12.7. The van der Waals surface area contributed by atoms with Crippen molar-refractivity contribution in [1.29, 1.82) is 0 Å². The van der Waals surface area contributed by atoms with Crippen LogP contribution in [0.5, 0.6) is 0 Å². The van der Waals surface area contributed by atoms with E-state index in [1.165, 1.54) is 11.1 Å². The average molecular weight is 328 g/mol. The Balaban J connectivity index is 1.99. The predicted octanol–water partition coefficient (Wildman–Crippen LogP) is 5.00. The van der Waals surface area contributed by atoms with E-state index in [9.17, 15) is 4.79 Å². The molecule has 0 fully saturated rings. The Labute approximate surface area is 143 Å². The fourth-order valence-electron chi connectivity index (χ4n) is 3.31. The molecule has 0 saturated heterocycles. The van der Waals surface area contributed by atoms with Gasteiger partial charge in [0.05, 0.1) is 6.04 Å². The van der Waals surface area contributed by atoms with Crippen molar-refractivity contribution in [3.63, 3.8) is 0 Å². The number of amides is 1. The van der Waals surface area contributed by atoms with Gasteiger partial charge in [-0.2, -0.15) is 0 Å². The van der Waals surface area contributed by atoms with Gasteiger partial charge in [0.25, 0.3) is 0 Å². The first-order valence-electron chi connectivity index (χ1n) is 8.33. The van der Waals surface area contributed by atoms with Crippen molar-refractivity contribution >= 4 is 17.5 Å². The van der Waals surface area contributed by atoms with Crippen LogP contribution >= 0.6 is 11.6 Å². The number of carbonyl (C=O) groups is 1. The average Bonchev–Trinajstić information content (AvgIpc) is 2.59. The summed E-state index contributed by atoms with van der Waals surface area (Å²) in [6.45, 7) is 2.91. The van der Waals surface area contributed by atoms with Gasteiger partial charge < -0.3 is 4.90 Å². The number of benzene rings is 2. The van der Waals surface area contributed by atoms with Crippen molar-refractivity contribution in [2.45, 2.75) is 38.6 Å². The van der Waals surface area contributed by atoms with Gasteiger partial charge in [-0.15, -0.1) is 0 Å². The molecular weight excluding hydrogens is 306 g/mol. The fourth-order valence-corrected chi connectivity index (χ4v) is 3.44. The molecule has 0 radical (unpaired) electrons. The topological polar surface area (TPSA) is 20.3 Å². The summed E-state index contributed by atoms with van der Waals surface area (Å²) in [6.07, 6.45) is 3.55. The number of rotatable bonds is 4. The van der Waals surface area contributed by atoms with Crippen molar-refractivity contribution < 1.29 is 4.79 Å². The van der Waals surface area contributed by atoms with Gasteiger partial charge in [0.2, 0.25) is 5.91 Å². The minimum Gasteiger partial charge on any atom is -0.331 e. The van der Waals surface area contributed by atoms with Gasteiger partial charge in [-0.1, -0.05) is 61.3 Å². The van der Waals surface area contributed by atoms with Gasteiger partial charge in [0.15, 0.2) is 0 Å². The molecule has 3 rings (SSSR count). The van der Waals surface area contributed by atoms with Crippen LogP contribution < -0.4 is 0 Å². The number of nitrogens with zero attached hydrogens (tertiary/aromatic N) is 1. The van der Waals surface area contributed by atoms with E-state index < -0.39 is 0 Å². The second kappa shape index (κ2) is 7.18. The van der Waals surface area contributed by atoms with Crippen LogP contribution in [0.3, 0.4) is 0 Å². The molecular formula is C20H22ClNO. The number of hydrogen-bond acceptors (Lipinski definition) is 1. The summed E-state index contributed by atoms with van der Waals surface area (Å²) < 4.78 is 0. The van der Waals surface area contributed by atoms with Crippen molar-refractivity contribution in [3.05, 3.63) is 70.2 Å². The third kappa shape index (κ3) is 3.42. The molecule has 3 heteroatoms. The van der Waals surface area contributed by atoms with E-state index in [0.29, 0.717) is 6.42 Å². The number of hydrogen-bond donors (Lipinski definition) is 0. The van der Waals surface area contributed by atoms with Gasteiger partial charge in [-0.3, -0.25) is 4.79 Å². The molecule has 120 valence electrons. The number of unbranched alkanes of at least 4 members (excludes halogenated alkanes) is 1. The van der Waals surface area contributed by atoms with E-state index in [2.05, 4.69) is 31.2 Å². The summed E-state index contributed by atoms with van der Waals surface area (Å²) >= 11 is 6.04. The van der Waals surface area contributed by atoms with Crippen molar-refractivity contribution in [2.75, 3.05) is 6.54 Å². The Kier molecular flexibility index (Phi) is 5.02. The molecule has 1 atom stereocenters. The first kappa shape index (κ1) is 16.1. The third-order valence-corrected chi connectivity index (χ3v) is 4.79. The van der Waals surface area contributed by atoms with Crippen molar-refractivity contribution in [3.8, 4) is 0 Å². The molecule has 2 aromatic rings. The minimum absolute atomic E-state index is 0.00146. The van der Waals surface area contributed by atoms with E-state index in [-0.39, 0.29) is 11.9 Å². The Bertz CT molecular complexity index is 680. The van der Waals surface area contributed by atoms with Gasteiger partial charge in [0, 0.05) is 18.0 Å². The molecule has 2 nitrogen and oxygen atoms in total. The zero-order valence-electron chi connectivity index (χ0n) is 13.5. The van der Waals surface area contributed by atoms with Crippen LogP contribution in [0.2, 0.25) is 5.02 Å². The van der Waals surface area contributed by atoms with Crippen molar-refractivity contribution in [2.24, 2.45) is 0 Å². The maximum atomic E-state index is 12.7. The van der Waals surface area contributed by atoms with Crippen LogP contribution in [0.1, 0.15) is 48.9 Å². The Morgan fingerprint density at radius 1 is 1.17 bits per heavy atom. The highest BCUT2D eigenvalue weighted by Gasteiger charge is 2.31. The minimum atomic E-state index is 0.00146. The number of carbonyl (C=O) groups excluding carboxylic acids is 1. The highest BCUT2D eigenvalue weighted by atomic mass is 35.5. The first-order valence-corrected chi connectivity index (χ1v) is 8.71. The smallest absolute Gasteiger partial charge is 0.223 e. The van der Waals surface area contributed by atoms with Gasteiger partial charge in [-0.25, -0.2) is 0 Å². The Morgan fingerprint density at radius 2 is 1.91 bits per heavy atom. The molecule has 0 aliphatic carbocycles. The fraction of sp³-hybridized carbons (Fsp3) is 0.350. The van der Waals surface area contributed by atoms with Crippen molar-refractivity contribution in [1.82, 2.24) is 4.90 Å². The lowest BCUT2D eigenvalue weighted by molar-refractivity contribution is -0.133.